The van der Waals surface area contributed by atoms with Gasteiger partial charge in [0.15, 0.2) is 6.04 Å². The largest absolute Gasteiger partial charge is 0.480 e. The van der Waals surface area contributed by atoms with Gasteiger partial charge in [-0.1, -0.05) is 35.9 Å². The van der Waals surface area contributed by atoms with Gasteiger partial charge in [-0.2, -0.15) is 0 Å². The van der Waals surface area contributed by atoms with Gasteiger partial charge >= 0.3 is 5.97 Å². The molecule has 0 bridgehead atoms. The van der Waals surface area contributed by atoms with Gasteiger partial charge in [0.25, 0.3) is 15.9 Å². The Hall–Kier alpha value is -3.40. The molecule has 36 heavy (non-hydrogen) atoms. The van der Waals surface area contributed by atoms with Gasteiger partial charge < -0.3 is 15.2 Å². The van der Waals surface area contributed by atoms with Crippen molar-refractivity contribution in [2.24, 2.45) is 0 Å². The second-order valence-electron chi connectivity index (χ2n) is 8.40. The number of amides is 1. The maximum Gasteiger partial charge on any atom is 0.328 e. The summed E-state index contributed by atoms with van der Waals surface area (Å²) in [5.41, 5.74) is 4.02. The molecule has 1 atom stereocenters. The number of rotatable bonds is 9. The predicted molar refractivity (Wildman–Crippen MR) is 139 cm³/mol. The van der Waals surface area contributed by atoms with Gasteiger partial charge in [0, 0.05) is 23.4 Å². The molecule has 0 radical (unpaired) electrons. The minimum Gasteiger partial charge on any atom is -0.480 e. The number of aryl methyl sites for hydroxylation is 3. The van der Waals surface area contributed by atoms with E-state index in [1.54, 1.807) is 69.3 Å². The second-order valence-corrected chi connectivity index (χ2v) is 10.5. The molecule has 1 amide bonds. The van der Waals surface area contributed by atoms with Gasteiger partial charge in [0.05, 0.1) is 11.5 Å². The molecular formula is C26H27ClN2O6S. The molecule has 8 nitrogen and oxygen atoms in total. The Kier molecular flexibility index (Phi) is 8.39. The number of carbonyl (C=O) groups is 2. The summed E-state index contributed by atoms with van der Waals surface area (Å²) in [5, 5.41) is 12.2. The SMILES string of the molecule is COC[C@H](NC(=O)c1ccc(-c2cccc(NS(=O)(=O)c3cc(C)c(Cl)cc3C)c2)cc1C)C(=O)O. The third-order valence-electron chi connectivity index (χ3n) is 5.60. The molecule has 3 rings (SSSR count). The predicted octanol–water partition coefficient (Wildman–Crippen LogP) is 4.56. The molecule has 190 valence electrons. The molecule has 0 saturated carbocycles. The summed E-state index contributed by atoms with van der Waals surface area (Å²) in [5.74, 6) is -1.72. The van der Waals surface area contributed by atoms with Gasteiger partial charge in [-0.3, -0.25) is 9.52 Å². The van der Waals surface area contributed by atoms with Crippen LogP contribution < -0.4 is 10.0 Å². The van der Waals surface area contributed by atoms with Crippen molar-refractivity contribution in [2.45, 2.75) is 31.7 Å². The van der Waals surface area contributed by atoms with Crippen molar-refractivity contribution in [3.63, 3.8) is 0 Å². The van der Waals surface area contributed by atoms with Crippen LogP contribution in [0.1, 0.15) is 27.0 Å². The molecular weight excluding hydrogens is 504 g/mol. The topological polar surface area (TPSA) is 122 Å². The molecule has 0 heterocycles. The van der Waals surface area contributed by atoms with Crippen LogP contribution in [0.2, 0.25) is 5.02 Å². The zero-order valence-electron chi connectivity index (χ0n) is 20.3. The lowest BCUT2D eigenvalue weighted by atomic mass is 9.99. The summed E-state index contributed by atoms with van der Waals surface area (Å²) in [4.78, 5) is 24.1. The number of ether oxygens (including phenoxy) is 1. The van der Waals surface area contributed by atoms with Crippen LogP contribution in [-0.2, 0) is 19.6 Å². The van der Waals surface area contributed by atoms with Gasteiger partial charge in [0.1, 0.15) is 0 Å². The van der Waals surface area contributed by atoms with E-state index in [2.05, 4.69) is 10.0 Å². The standard InChI is InChI=1S/C26H27ClN2O6S/c1-15-10-19(8-9-21(15)25(30)28-23(14-35-4)26(31)32)18-6-5-7-20(13-18)29-36(33,34)24-12-16(2)22(27)11-17(24)3/h5-13,23,29H,14H2,1-4H3,(H,28,30)(H,31,32)/t23-/m0/s1. The average molecular weight is 531 g/mol. The molecule has 10 heteroatoms. The fourth-order valence-electron chi connectivity index (χ4n) is 3.69. The molecule has 3 aromatic rings. The first kappa shape index (κ1) is 27.2. The van der Waals surface area contributed by atoms with Crippen molar-refractivity contribution in [1.29, 1.82) is 0 Å². The molecule has 3 N–H and O–H groups in total. The molecule has 0 saturated heterocycles. The first-order chi connectivity index (χ1) is 16.9. The van der Waals surface area contributed by atoms with Crippen LogP contribution in [0.25, 0.3) is 11.1 Å². The number of hydrogen-bond donors (Lipinski definition) is 3. The van der Waals surface area contributed by atoms with Crippen LogP contribution in [0.5, 0.6) is 0 Å². The number of anilines is 1. The highest BCUT2D eigenvalue weighted by atomic mass is 35.5. The van der Waals surface area contributed by atoms with Crippen LogP contribution in [0, 0.1) is 20.8 Å². The zero-order valence-corrected chi connectivity index (χ0v) is 21.8. The number of methoxy groups -OCH3 is 1. The summed E-state index contributed by atoms with van der Waals surface area (Å²) in [6.07, 6.45) is 0. The number of carboxylic acid groups (broad SMARTS) is 1. The summed E-state index contributed by atoms with van der Waals surface area (Å²) >= 11 is 6.11. The number of carbonyl (C=O) groups excluding carboxylic acids is 1. The number of halogens is 1. The van der Waals surface area contributed by atoms with Crippen molar-refractivity contribution in [1.82, 2.24) is 5.32 Å². The molecule has 0 aliphatic heterocycles. The number of hydrogen-bond acceptors (Lipinski definition) is 5. The highest BCUT2D eigenvalue weighted by Gasteiger charge is 2.22. The Morgan fingerprint density at radius 3 is 2.31 bits per heavy atom. The molecule has 0 aliphatic carbocycles. The van der Waals surface area contributed by atoms with E-state index in [0.717, 1.165) is 11.1 Å². The second kappa shape index (κ2) is 11.1. The minimum absolute atomic E-state index is 0.147. The molecule has 0 unspecified atom stereocenters. The van der Waals surface area contributed by atoms with Crippen molar-refractivity contribution in [3.05, 3.63) is 81.9 Å². The monoisotopic (exact) mass is 530 g/mol. The molecule has 0 fully saturated rings. The summed E-state index contributed by atoms with van der Waals surface area (Å²) in [7, 11) is -2.50. The lowest BCUT2D eigenvalue weighted by molar-refractivity contribution is -0.140. The van der Waals surface area contributed by atoms with E-state index in [0.29, 0.717) is 33.0 Å². The first-order valence-corrected chi connectivity index (χ1v) is 12.8. The number of nitrogens with one attached hydrogen (secondary N) is 2. The quantitative estimate of drug-likeness (QED) is 0.373. The Balaban J connectivity index is 1.85. The zero-order chi connectivity index (χ0) is 26.6. The number of benzene rings is 3. The smallest absolute Gasteiger partial charge is 0.328 e. The van der Waals surface area contributed by atoms with Crippen molar-refractivity contribution in [2.75, 3.05) is 18.4 Å². The number of aliphatic carboxylic acids is 1. The highest BCUT2D eigenvalue weighted by molar-refractivity contribution is 7.92. The Bertz CT molecular complexity index is 1420. The minimum atomic E-state index is -3.85. The summed E-state index contributed by atoms with van der Waals surface area (Å²) in [6, 6.07) is 14.0. The normalized spacial score (nSPS) is 12.1. The Labute approximate surface area is 215 Å². The molecule has 0 aromatic heterocycles. The number of sulfonamides is 1. The Morgan fingerprint density at radius 2 is 1.67 bits per heavy atom. The lowest BCUT2D eigenvalue weighted by Crippen LogP contribution is -2.44. The molecule has 0 spiro atoms. The third kappa shape index (κ3) is 6.23. The third-order valence-corrected chi connectivity index (χ3v) is 7.53. The van der Waals surface area contributed by atoms with E-state index in [9.17, 15) is 23.1 Å². The Morgan fingerprint density at radius 1 is 0.972 bits per heavy atom. The molecule has 3 aromatic carbocycles. The van der Waals surface area contributed by atoms with Crippen LogP contribution in [0.3, 0.4) is 0 Å². The van der Waals surface area contributed by atoms with Crippen molar-refractivity contribution in [3.8, 4) is 11.1 Å². The van der Waals surface area contributed by atoms with Crippen molar-refractivity contribution >= 4 is 39.2 Å². The fourth-order valence-corrected chi connectivity index (χ4v) is 5.27. The van der Waals surface area contributed by atoms with Gasteiger partial charge in [0.2, 0.25) is 0 Å². The fraction of sp³-hybridized carbons (Fsp3) is 0.231. The maximum absolute atomic E-state index is 13.0. The van der Waals surface area contributed by atoms with Gasteiger partial charge in [-0.05, 0) is 78.9 Å². The molecule has 0 aliphatic rings. The van der Waals surface area contributed by atoms with Crippen LogP contribution in [0.4, 0.5) is 5.69 Å². The van der Waals surface area contributed by atoms with E-state index in [-0.39, 0.29) is 11.5 Å². The van der Waals surface area contributed by atoms with Crippen molar-refractivity contribution < 1.29 is 27.9 Å². The first-order valence-electron chi connectivity index (χ1n) is 11.0. The van der Waals surface area contributed by atoms with Crippen LogP contribution in [-0.4, -0.2) is 45.2 Å². The summed E-state index contributed by atoms with van der Waals surface area (Å²) < 4.78 is 33.5. The van der Waals surface area contributed by atoms with E-state index in [1.165, 1.54) is 7.11 Å². The van der Waals surface area contributed by atoms with E-state index in [4.69, 9.17) is 16.3 Å². The van der Waals surface area contributed by atoms with E-state index < -0.39 is 27.9 Å². The number of carboxylic acids is 1. The lowest BCUT2D eigenvalue weighted by Gasteiger charge is -2.15. The van der Waals surface area contributed by atoms with Crippen LogP contribution in [0.15, 0.2) is 59.5 Å². The van der Waals surface area contributed by atoms with Gasteiger partial charge in [-0.25, -0.2) is 13.2 Å². The van der Waals surface area contributed by atoms with E-state index >= 15 is 0 Å². The highest BCUT2D eigenvalue weighted by Crippen LogP contribution is 2.28. The van der Waals surface area contributed by atoms with Gasteiger partial charge in [-0.15, -0.1) is 0 Å². The van der Waals surface area contributed by atoms with E-state index in [1.807, 2.05) is 6.07 Å². The maximum atomic E-state index is 13.0. The average Bonchev–Trinajstić information content (AvgIpc) is 2.80. The summed E-state index contributed by atoms with van der Waals surface area (Å²) in [6.45, 7) is 5.01. The van der Waals surface area contributed by atoms with Crippen LogP contribution >= 0.6 is 11.6 Å².